The van der Waals surface area contributed by atoms with Gasteiger partial charge in [-0.25, -0.2) is 10.2 Å². The first kappa shape index (κ1) is 14.2. The molecule has 1 amide bonds. The number of ether oxygens (including phenoxy) is 1. The molecule has 0 atom stereocenters. The number of amides is 1. The highest BCUT2D eigenvalue weighted by Gasteiger charge is 2.04. The van der Waals surface area contributed by atoms with Crippen LogP contribution in [0.3, 0.4) is 0 Å². The molecule has 1 rings (SSSR count). The highest BCUT2D eigenvalue weighted by Crippen LogP contribution is 2.06. The minimum Gasteiger partial charge on any atom is -0.465 e. The Bertz CT molecular complexity index is 415. The molecule has 0 unspecified atom stereocenters. The molecule has 1 aromatic rings. The Hall–Kier alpha value is -1.88. The van der Waals surface area contributed by atoms with Crippen LogP contribution in [0.5, 0.6) is 0 Å². The molecule has 5 heteroatoms. The van der Waals surface area contributed by atoms with E-state index in [1.165, 1.54) is 19.0 Å². The Kier molecular flexibility index (Phi) is 5.32. The van der Waals surface area contributed by atoms with Crippen molar-refractivity contribution in [3.63, 3.8) is 0 Å². The fourth-order valence-electron chi connectivity index (χ4n) is 1.40. The van der Waals surface area contributed by atoms with Gasteiger partial charge in [0.1, 0.15) is 0 Å². The molecule has 0 spiro atoms. The van der Waals surface area contributed by atoms with Crippen molar-refractivity contribution in [1.29, 1.82) is 0 Å². The average molecular weight is 250 g/mol. The van der Waals surface area contributed by atoms with E-state index in [9.17, 15) is 9.59 Å². The van der Waals surface area contributed by atoms with Crippen LogP contribution in [0, 0.1) is 0 Å². The van der Waals surface area contributed by atoms with Gasteiger partial charge in [-0.2, -0.15) is 0 Å². The van der Waals surface area contributed by atoms with Gasteiger partial charge in [0.15, 0.2) is 0 Å². The average Bonchev–Trinajstić information content (AvgIpc) is 2.38. The fraction of sp³-hybridized carbons (Fsp3) is 0.385. The van der Waals surface area contributed by atoms with Crippen LogP contribution in [-0.4, -0.2) is 37.6 Å². The molecule has 0 fully saturated rings. The summed E-state index contributed by atoms with van der Waals surface area (Å²) in [5.41, 5.74) is 4.60. The standard InChI is InChI=1S/C13H18N2O3/c1-10(16)15(2)14-9-8-11-4-6-12(7-5-11)13(17)18-3/h4-7,14H,8-9H2,1-3H3. The monoisotopic (exact) mass is 250 g/mol. The van der Waals surface area contributed by atoms with Crippen molar-refractivity contribution in [2.75, 3.05) is 20.7 Å². The van der Waals surface area contributed by atoms with Crippen molar-refractivity contribution < 1.29 is 14.3 Å². The smallest absolute Gasteiger partial charge is 0.337 e. The van der Waals surface area contributed by atoms with Crippen LogP contribution in [0.1, 0.15) is 22.8 Å². The van der Waals surface area contributed by atoms with Gasteiger partial charge >= 0.3 is 5.97 Å². The van der Waals surface area contributed by atoms with Crippen LogP contribution in [0.25, 0.3) is 0 Å². The van der Waals surface area contributed by atoms with E-state index in [0.717, 1.165) is 12.0 Å². The van der Waals surface area contributed by atoms with E-state index in [-0.39, 0.29) is 11.9 Å². The predicted octanol–water partition coefficient (Wildman–Crippen LogP) is 0.999. The SMILES string of the molecule is COC(=O)c1ccc(CCNN(C)C(C)=O)cc1. The summed E-state index contributed by atoms with van der Waals surface area (Å²) >= 11 is 0. The Morgan fingerprint density at radius 3 is 2.39 bits per heavy atom. The molecular weight excluding hydrogens is 232 g/mol. The zero-order valence-corrected chi connectivity index (χ0v) is 10.9. The van der Waals surface area contributed by atoms with Crippen molar-refractivity contribution in [2.45, 2.75) is 13.3 Å². The zero-order valence-electron chi connectivity index (χ0n) is 10.9. The van der Waals surface area contributed by atoms with Crippen molar-refractivity contribution in [2.24, 2.45) is 0 Å². The van der Waals surface area contributed by atoms with Gasteiger partial charge in [-0.05, 0) is 24.1 Å². The van der Waals surface area contributed by atoms with Crippen molar-refractivity contribution in [3.8, 4) is 0 Å². The van der Waals surface area contributed by atoms with Gasteiger partial charge in [-0.15, -0.1) is 0 Å². The molecule has 0 aliphatic heterocycles. The molecule has 0 aliphatic rings. The molecule has 0 aromatic heterocycles. The van der Waals surface area contributed by atoms with E-state index in [2.05, 4.69) is 10.2 Å². The van der Waals surface area contributed by atoms with E-state index in [1.807, 2.05) is 12.1 Å². The van der Waals surface area contributed by atoms with Crippen LogP contribution in [0.15, 0.2) is 24.3 Å². The molecule has 0 heterocycles. The summed E-state index contributed by atoms with van der Waals surface area (Å²) in [5.74, 6) is -0.368. The van der Waals surface area contributed by atoms with Crippen molar-refractivity contribution in [1.82, 2.24) is 10.4 Å². The first-order valence-corrected chi connectivity index (χ1v) is 5.69. The summed E-state index contributed by atoms with van der Waals surface area (Å²) in [4.78, 5) is 22.2. The highest BCUT2D eigenvalue weighted by atomic mass is 16.5. The molecule has 0 bridgehead atoms. The third kappa shape index (κ3) is 4.18. The molecule has 5 nitrogen and oxygen atoms in total. The van der Waals surface area contributed by atoms with Gasteiger partial charge < -0.3 is 4.74 Å². The third-order valence-electron chi connectivity index (χ3n) is 2.61. The molecule has 0 saturated heterocycles. The second kappa shape index (κ2) is 6.76. The summed E-state index contributed by atoms with van der Waals surface area (Å²) in [6.07, 6.45) is 0.777. The maximum Gasteiger partial charge on any atom is 0.337 e. The number of hydrogen-bond donors (Lipinski definition) is 1. The summed E-state index contributed by atoms with van der Waals surface area (Å²) < 4.78 is 4.62. The Morgan fingerprint density at radius 2 is 1.89 bits per heavy atom. The predicted molar refractivity (Wildman–Crippen MR) is 67.9 cm³/mol. The Labute approximate surface area is 107 Å². The normalized spacial score (nSPS) is 9.94. The van der Waals surface area contributed by atoms with Crippen LogP contribution < -0.4 is 5.43 Å². The number of benzene rings is 1. The van der Waals surface area contributed by atoms with Gasteiger partial charge in [0, 0.05) is 20.5 Å². The number of rotatable bonds is 5. The van der Waals surface area contributed by atoms with E-state index in [1.54, 1.807) is 19.2 Å². The van der Waals surface area contributed by atoms with Crippen LogP contribution >= 0.6 is 0 Å². The first-order chi connectivity index (χ1) is 8.54. The zero-order chi connectivity index (χ0) is 13.5. The second-order valence-electron chi connectivity index (χ2n) is 3.92. The van der Waals surface area contributed by atoms with E-state index >= 15 is 0 Å². The number of methoxy groups -OCH3 is 1. The maximum absolute atomic E-state index is 11.2. The van der Waals surface area contributed by atoms with Gasteiger partial charge in [0.05, 0.1) is 12.7 Å². The Balaban J connectivity index is 2.44. The second-order valence-corrected chi connectivity index (χ2v) is 3.92. The lowest BCUT2D eigenvalue weighted by atomic mass is 10.1. The molecule has 1 aromatic carbocycles. The maximum atomic E-state index is 11.2. The van der Waals surface area contributed by atoms with E-state index < -0.39 is 0 Å². The molecule has 0 aliphatic carbocycles. The molecule has 98 valence electrons. The largest absolute Gasteiger partial charge is 0.465 e. The highest BCUT2D eigenvalue weighted by molar-refractivity contribution is 5.89. The van der Waals surface area contributed by atoms with Crippen LogP contribution in [0.2, 0.25) is 0 Å². The van der Waals surface area contributed by atoms with E-state index in [4.69, 9.17) is 0 Å². The number of carbonyl (C=O) groups excluding carboxylic acids is 2. The molecule has 18 heavy (non-hydrogen) atoms. The van der Waals surface area contributed by atoms with Gasteiger partial charge in [0.25, 0.3) is 0 Å². The van der Waals surface area contributed by atoms with Crippen molar-refractivity contribution in [3.05, 3.63) is 35.4 Å². The summed E-state index contributed by atoms with van der Waals surface area (Å²) in [6.45, 7) is 2.16. The molecular formula is C13H18N2O3. The number of nitrogens with one attached hydrogen (secondary N) is 1. The van der Waals surface area contributed by atoms with Crippen LogP contribution in [0.4, 0.5) is 0 Å². The number of hydrogen-bond acceptors (Lipinski definition) is 4. The quantitative estimate of drug-likeness (QED) is 0.625. The topological polar surface area (TPSA) is 58.6 Å². The van der Waals surface area contributed by atoms with Gasteiger partial charge in [0.2, 0.25) is 5.91 Å². The summed E-state index contributed by atoms with van der Waals surface area (Å²) in [7, 11) is 3.04. The van der Waals surface area contributed by atoms with E-state index in [0.29, 0.717) is 12.1 Å². The lowest BCUT2D eigenvalue weighted by Crippen LogP contribution is -2.39. The summed E-state index contributed by atoms with van der Waals surface area (Å²) in [5, 5.41) is 1.45. The van der Waals surface area contributed by atoms with Gasteiger partial charge in [-0.3, -0.25) is 9.80 Å². The number of nitrogens with zero attached hydrogens (tertiary/aromatic N) is 1. The minimum atomic E-state index is -0.337. The fourth-order valence-corrected chi connectivity index (χ4v) is 1.40. The van der Waals surface area contributed by atoms with Gasteiger partial charge in [-0.1, -0.05) is 12.1 Å². The number of carbonyl (C=O) groups is 2. The molecule has 0 saturated carbocycles. The molecule has 0 radical (unpaired) electrons. The Morgan fingerprint density at radius 1 is 1.28 bits per heavy atom. The molecule has 1 N–H and O–H groups in total. The number of esters is 1. The minimum absolute atomic E-state index is 0.0314. The lowest BCUT2D eigenvalue weighted by Gasteiger charge is -2.16. The number of hydrazine groups is 1. The summed E-state index contributed by atoms with van der Waals surface area (Å²) in [6, 6.07) is 7.22. The first-order valence-electron chi connectivity index (χ1n) is 5.69. The third-order valence-corrected chi connectivity index (χ3v) is 2.61. The van der Waals surface area contributed by atoms with Crippen LogP contribution in [-0.2, 0) is 16.0 Å². The van der Waals surface area contributed by atoms with Crippen molar-refractivity contribution >= 4 is 11.9 Å². The lowest BCUT2D eigenvalue weighted by molar-refractivity contribution is -0.130.